The zero-order valence-electron chi connectivity index (χ0n) is 11.5. The fourth-order valence-corrected chi connectivity index (χ4v) is 2.58. The predicted octanol–water partition coefficient (Wildman–Crippen LogP) is 2.30. The number of aldehydes is 1. The highest BCUT2D eigenvalue weighted by molar-refractivity contribution is 5.79. The second kappa shape index (κ2) is 6.47. The van der Waals surface area contributed by atoms with Gasteiger partial charge in [0, 0.05) is 24.2 Å². The van der Waals surface area contributed by atoms with E-state index in [1.807, 2.05) is 0 Å². The molecule has 0 spiro atoms. The van der Waals surface area contributed by atoms with Crippen molar-refractivity contribution >= 4 is 17.7 Å². The molecule has 20 heavy (non-hydrogen) atoms. The molecule has 6 heteroatoms. The van der Waals surface area contributed by atoms with E-state index in [1.54, 1.807) is 12.1 Å². The van der Waals surface area contributed by atoms with Gasteiger partial charge < -0.3 is 10.2 Å². The number of benzene rings is 1. The van der Waals surface area contributed by atoms with Gasteiger partial charge in [0.2, 0.25) is 0 Å². The summed E-state index contributed by atoms with van der Waals surface area (Å²) in [5.41, 5.74) is 0.771. The Hall–Kier alpha value is -1.95. The van der Waals surface area contributed by atoms with Crippen molar-refractivity contribution in [1.82, 2.24) is 4.90 Å². The molecule has 0 radical (unpaired) electrons. The summed E-state index contributed by atoms with van der Waals surface area (Å²) in [4.78, 5) is 23.7. The Labute approximate surface area is 117 Å². The Morgan fingerprint density at radius 3 is 3.00 bits per heavy atom. The number of likely N-dealkylation sites (tertiary alicyclic amines) is 1. The smallest absolute Gasteiger partial charge is 0.293 e. The van der Waals surface area contributed by atoms with Gasteiger partial charge in [-0.15, -0.1) is 0 Å². The lowest BCUT2D eigenvalue weighted by molar-refractivity contribution is -0.384. The topological polar surface area (TPSA) is 75.5 Å². The zero-order valence-corrected chi connectivity index (χ0v) is 11.5. The number of piperidine rings is 1. The lowest BCUT2D eigenvalue weighted by Crippen LogP contribution is -2.41. The Morgan fingerprint density at radius 2 is 2.35 bits per heavy atom. The first-order valence-corrected chi connectivity index (χ1v) is 6.86. The molecule has 0 saturated carbocycles. The largest absolute Gasteiger partial charge is 0.375 e. The van der Waals surface area contributed by atoms with Crippen LogP contribution in [0.25, 0.3) is 0 Å². The van der Waals surface area contributed by atoms with Crippen LogP contribution in [-0.4, -0.2) is 41.8 Å². The van der Waals surface area contributed by atoms with Crippen molar-refractivity contribution in [3.05, 3.63) is 33.9 Å². The molecule has 1 aromatic carbocycles. The summed E-state index contributed by atoms with van der Waals surface area (Å²) in [6.45, 7) is 5.08. The molecule has 1 aliphatic rings. The molecule has 1 fully saturated rings. The van der Waals surface area contributed by atoms with Gasteiger partial charge in [0.1, 0.15) is 12.0 Å². The molecule has 2 rings (SSSR count). The second-order valence-corrected chi connectivity index (χ2v) is 5.03. The highest BCUT2D eigenvalue weighted by Crippen LogP contribution is 2.27. The SMILES string of the molecule is CCN1CCCC(Nc2ccc(C=O)cc2[N+](=O)[O-])C1. The first kappa shape index (κ1) is 14.5. The van der Waals surface area contributed by atoms with Gasteiger partial charge in [-0.3, -0.25) is 14.9 Å². The summed E-state index contributed by atoms with van der Waals surface area (Å²) in [5.74, 6) is 0. The Morgan fingerprint density at radius 1 is 1.55 bits per heavy atom. The van der Waals surface area contributed by atoms with Crippen molar-refractivity contribution in [3.63, 3.8) is 0 Å². The minimum atomic E-state index is -0.449. The van der Waals surface area contributed by atoms with Crippen molar-refractivity contribution in [2.45, 2.75) is 25.8 Å². The predicted molar refractivity (Wildman–Crippen MR) is 77.2 cm³/mol. The van der Waals surface area contributed by atoms with Crippen molar-refractivity contribution < 1.29 is 9.72 Å². The molecule has 1 aromatic rings. The van der Waals surface area contributed by atoms with Crippen LogP contribution in [0.3, 0.4) is 0 Å². The standard InChI is InChI=1S/C14H19N3O3/c1-2-16-7-3-4-12(9-16)15-13-6-5-11(10-18)8-14(13)17(19)20/h5-6,8,10,12,15H,2-4,7,9H2,1H3. The number of carbonyl (C=O) groups excluding carboxylic acids is 1. The first-order chi connectivity index (χ1) is 9.63. The maximum absolute atomic E-state index is 11.1. The van der Waals surface area contributed by atoms with E-state index in [0.717, 1.165) is 32.5 Å². The number of hydrogen-bond acceptors (Lipinski definition) is 5. The van der Waals surface area contributed by atoms with Crippen LogP contribution in [0.5, 0.6) is 0 Å². The summed E-state index contributed by atoms with van der Waals surface area (Å²) in [6.07, 6.45) is 2.71. The molecule has 108 valence electrons. The van der Waals surface area contributed by atoms with Crippen LogP contribution in [0.2, 0.25) is 0 Å². The number of likely N-dealkylation sites (N-methyl/N-ethyl adjacent to an activating group) is 1. The molecular formula is C14H19N3O3. The van der Waals surface area contributed by atoms with E-state index in [0.29, 0.717) is 17.5 Å². The van der Waals surface area contributed by atoms with Gasteiger partial charge in [0.15, 0.2) is 0 Å². The third-order valence-corrected chi connectivity index (χ3v) is 3.67. The van der Waals surface area contributed by atoms with Gasteiger partial charge in [-0.05, 0) is 38.1 Å². The number of rotatable bonds is 5. The van der Waals surface area contributed by atoms with Crippen LogP contribution in [0.1, 0.15) is 30.1 Å². The molecule has 0 bridgehead atoms. The fourth-order valence-electron chi connectivity index (χ4n) is 2.58. The van der Waals surface area contributed by atoms with Crippen LogP contribution in [0.15, 0.2) is 18.2 Å². The van der Waals surface area contributed by atoms with E-state index in [1.165, 1.54) is 6.07 Å². The molecule has 1 aliphatic heterocycles. The molecule has 1 heterocycles. The Balaban J connectivity index is 2.16. The molecule has 1 atom stereocenters. The van der Waals surface area contributed by atoms with E-state index in [9.17, 15) is 14.9 Å². The molecule has 6 nitrogen and oxygen atoms in total. The lowest BCUT2D eigenvalue weighted by atomic mass is 10.0. The van der Waals surface area contributed by atoms with Crippen molar-refractivity contribution in [2.75, 3.05) is 25.0 Å². The highest BCUT2D eigenvalue weighted by atomic mass is 16.6. The van der Waals surface area contributed by atoms with Crippen LogP contribution < -0.4 is 5.32 Å². The first-order valence-electron chi connectivity index (χ1n) is 6.86. The third kappa shape index (κ3) is 3.33. The maximum Gasteiger partial charge on any atom is 0.293 e. The molecule has 1 saturated heterocycles. The summed E-state index contributed by atoms with van der Waals surface area (Å²) in [5, 5.41) is 14.3. The van der Waals surface area contributed by atoms with Gasteiger partial charge in [0.05, 0.1) is 4.92 Å². The highest BCUT2D eigenvalue weighted by Gasteiger charge is 2.22. The van der Waals surface area contributed by atoms with Gasteiger partial charge in [-0.1, -0.05) is 6.92 Å². The summed E-state index contributed by atoms with van der Waals surface area (Å²) in [6, 6.07) is 4.75. The molecule has 0 amide bonds. The van der Waals surface area contributed by atoms with Crippen molar-refractivity contribution in [2.24, 2.45) is 0 Å². The fraction of sp³-hybridized carbons (Fsp3) is 0.500. The number of carbonyl (C=O) groups is 1. The third-order valence-electron chi connectivity index (χ3n) is 3.67. The Bertz CT molecular complexity index is 504. The number of nitro benzene ring substituents is 1. The summed E-state index contributed by atoms with van der Waals surface area (Å²) >= 11 is 0. The molecule has 1 unspecified atom stereocenters. The van der Waals surface area contributed by atoms with Gasteiger partial charge >= 0.3 is 0 Å². The number of nitrogens with one attached hydrogen (secondary N) is 1. The Kier molecular flexibility index (Phi) is 4.68. The van der Waals surface area contributed by atoms with E-state index < -0.39 is 4.92 Å². The van der Waals surface area contributed by atoms with Gasteiger partial charge in [-0.2, -0.15) is 0 Å². The minimum absolute atomic E-state index is 0.0387. The zero-order chi connectivity index (χ0) is 14.5. The van der Waals surface area contributed by atoms with E-state index in [2.05, 4.69) is 17.1 Å². The van der Waals surface area contributed by atoms with E-state index in [-0.39, 0.29) is 11.7 Å². The van der Waals surface area contributed by atoms with Crippen LogP contribution in [-0.2, 0) is 0 Å². The van der Waals surface area contributed by atoms with Crippen LogP contribution in [0, 0.1) is 10.1 Å². The molecule has 1 N–H and O–H groups in total. The quantitative estimate of drug-likeness (QED) is 0.508. The second-order valence-electron chi connectivity index (χ2n) is 5.03. The molecule has 0 aromatic heterocycles. The minimum Gasteiger partial charge on any atom is -0.375 e. The lowest BCUT2D eigenvalue weighted by Gasteiger charge is -2.32. The summed E-state index contributed by atoms with van der Waals surface area (Å²) < 4.78 is 0. The van der Waals surface area contributed by atoms with E-state index >= 15 is 0 Å². The van der Waals surface area contributed by atoms with Crippen molar-refractivity contribution in [3.8, 4) is 0 Å². The number of nitrogens with zero attached hydrogens (tertiary/aromatic N) is 2. The van der Waals surface area contributed by atoms with Crippen molar-refractivity contribution in [1.29, 1.82) is 0 Å². The normalized spacial score (nSPS) is 19.6. The van der Waals surface area contributed by atoms with Gasteiger partial charge in [-0.25, -0.2) is 0 Å². The molecular weight excluding hydrogens is 258 g/mol. The average Bonchev–Trinajstić information content (AvgIpc) is 2.47. The number of anilines is 1. The summed E-state index contributed by atoms with van der Waals surface area (Å²) in [7, 11) is 0. The average molecular weight is 277 g/mol. The maximum atomic E-state index is 11.1. The number of hydrogen-bond donors (Lipinski definition) is 1. The van der Waals surface area contributed by atoms with Crippen LogP contribution >= 0.6 is 0 Å². The van der Waals surface area contributed by atoms with Crippen LogP contribution in [0.4, 0.5) is 11.4 Å². The van der Waals surface area contributed by atoms with E-state index in [4.69, 9.17) is 0 Å². The number of nitro groups is 1. The van der Waals surface area contributed by atoms with Gasteiger partial charge in [0.25, 0.3) is 5.69 Å². The molecule has 0 aliphatic carbocycles. The monoisotopic (exact) mass is 277 g/mol.